The number of ether oxygens (including phenoxy) is 1. The molecule has 2 aromatic carbocycles. The second kappa shape index (κ2) is 6.81. The standard InChI is InChI=1S/C15H12BrClO4S/c1-22(19,20)9-10-2-4-11(5-3-10)15(18)21-14-7-6-12(16)8-13(14)17/h2-8H,9H2,1H3. The lowest BCUT2D eigenvalue weighted by molar-refractivity contribution is 0.0735. The lowest BCUT2D eigenvalue weighted by atomic mass is 10.1. The topological polar surface area (TPSA) is 60.4 Å². The lowest BCUT2D eigenvalue weighted by Crippen LogP contribution is -2.09. The van der Waals surface area contributed by atoms with Crippen LogP contribution in [0.3, 0.4) is 0 Å². The number of benzene rings is 2. The van der Waals surface area contributed by atoms with E-state index in [0.717, 1.165) is 10.7 Å². The van der Waals surface area contributed by atoms with Gasteiger partial charge in [-0.25, -0.2) is 13.2 Å². The molecule has 0 N–H and O–H groups in total. The van der Waals surface area contributed by atoms with Crippen LogP contribution >= 0.6 is 27.5 Å². The summed E-state index contributed by atoms with van der Waals surface area (Å²) in [6.07, 6.45) is 1.16. The van der Waals surface area contributed by atoms with E-state index in [1.165, 1.54) is 12.1 Å². The second-order valence-corrected chi connectivity index (χ2v) is 8.19. The van der Waals surface area contributed by atoms with Crippen molar-refractivity contribution < 1.29 is 17.9 Å². The molecule has 0 aliphatic heterocycles. The Labute approximate surface area is 142 Å². The fourth-order valence-electron chi connectivity index (χ4n) is 1.76. The van der Waals surface area contributed by atoms with Crippen molar-refractivity contribution in [1.29, 1.82) is 0 Å². The molecule has 4 nitrogen and oxygen atoms in total. The predicted octanol–water partition coefficient (Wildman–Crippen LogP) is 3.87. The normalized spacial score (nSPS) is 11.2. The summed E-state index contributed by atoms with van der Waals surface area (Å²) in [5.41, 5.74) is 0.928. The molecule has 0 aliphatic carbocycles. The van der Waals surface area contributed by atoms with Gasteiger partial charge in [0.1, 0.15) is 5.75 Å². The first-order valence-electron chi connectivity index (χ1n) is 6.18. The van der Waals surface area contributed by atoms with Gasteiger partial charge in [0.15, 0.2) is 9.84 Å². The van der Waals surface area contributed by atoms with Crippen LogP contribution in [0.1, 0.15) is 15.9 Å². The zero-order chi connectivity index (χ0) is 16.3. The molecule has 0 saturated heterocycles. The summed E-state index contributed by atoms with van der Waals surface area (Å²) in [7, 11) is -3.11. The third-order valence-electron chi connectivity index (χ3n) is 2.72. The Morgan fingerprint density at radius 2 is 1.82 bits per heavy atom. The smallest absolute Gasteiger partial charge is 0.343 e. The van der Waals surface area contributed by atoms with Crippen LogP contribution in [0.5, 0.6) is 5.75 Å². The number of rotatable bonds is 4. The van der Waals surface area contributed by atoms with Crippen LogP contribution in [0, 0.1) is 0 Å². The Morgan fingerprint density at radius 1 is 1.18 bits per heavy atom. The van der Waals surface area contributed by atoms with Crippen molar-refractivity contribution in [3.63, 3.8) is 0 Å². The molecule has 7 heteroatoms. The molecule has 0 heterocycles. The van der Waals surface area contributed by atoms with Gasteiger partial charge in [0.25, 0.3) is 0 Å². The van der Waals surface area contributed by atoms with Crippen molar-refractivity contribution in [2.45, 2.75) is 5.75 Å². The molecule has 0 atom stereocenters. The third kappa shape index (κ3) is 4.83. The fraction of sp³-hybridized carbons (Fsp3) is 0.133. The molecule has 0 spiro atoms. The van der Waals surface area contributed by atoms with Crippen LogP contribution in [-0.2, 0) is 15.6 Å². The minimum absolute atomic E-state index is 0.0686. The quantitative estimate of drug-likeness (QED) is 0.574. The van der Waals surface area contributed by atoms with Crippen molar-refractivity contribution in [1.82, 2.24) is 0 Å². The molecule has 0 bridgehead atoms. The van der Waals surface area contributed by atoms with Crippen molar-refractivity contribution in [2.75, 3.05) is 6.26 Å². The van der Waals surface area contributed by atoms with Gasteiger partial charge in [-0.15, -0.1) is 0 Å². The summed E-state index contributed by atoms with van der Waals surface area (Å²) in [5.74, 6) is -0.369. The zero-order valence-corrected chi connectivity index (χ0v) is 14.7. The van der Waals surface area contributed by atoms with E-state index in [1.54, 1.807) is 30.3 Å². The number of hydrogen-bond acceptors (Lipinski definition) is 4. The fourth-order valence-corrected chi connectivity index (χ4v) is 3.27. The van der Waals surface area contributed by atoms with E-state index in [2.05, 4.69) is 15.9 Å². The number of carbonyl (C=O) groups is 1. The highest BCUT2D eigenvalue weighted by Crippen LogP contribution is 2.28. The highest BCUT2D eigenvalue weighted by atomic mass is 79.9. The Hall–Kier alpha value is -1.37. The summed E-state index contributed by atoms with van der Waals surface area (Å²) in [6.45, 7) is 0. The first-order chi connectivity index (χ1) is 10.2. The summed E-state index contributed by atoms with van der Waals surface area (Å²) in [6, 6.07) is 11.1. The summed E-state index contributed by atoms with van der Waals surface area (Å²) in [4.78, 5) is 12.0. The molecule has 0 saturated carbocycles. The van der Waals surface area contributed by atoms with Crippen LogP contribution in [0.15, 0.2) is 46.9 Å². The molecule has 0 radical (unpaired) electrons. The number of carbonyl (C=O) groups excluding carboxylic acids is 1. The number of hydrogen-bond donors (Lipinski definition) is 0. The van der Waals surface area contributed by atoms with Crippen LogP contribution in [-0.4, -0.2) is 20.6 Å². The van der Waals surface area contributed by atoms with Gasteiger partial charge in [0, 0.05) is 10.7 Å². The molecule has 116 valence electrons. The van der Waals surface area contributed by atoms with Crippen molar-refractivity contribution in [3.8, 4) is 5.75 Å². The first-order valence-corrected chi connectivity index (χ1v) is 9.42. The van der Waals surface area contributed by atoms with Crippen LogP contribution < -0.4 is 4.74 Å². The third-order valence-corrected chi connectivity index (χ3v) is 4.36. The van der Waals surface area contributed by atoms with E-state index in [4.69, 9.17) is 16.3 Å². The maximum absolute atomic E-state index is 12.0. The SMILES string of the molecule is CS(=O)(=O)Cc1ccc(C(=O)Oc2ccc(Br)cc2Cl)cc1. The molecule has 0 unspecified atom stereocenters. The predicted molar refractivity (Wildman–Crippen MR) is 89.1 cm³/mol. The Kier molecular flexibility index (Phi) is 5.26. The lowest BCUT2D eigenvalue weighted by Gasteiger charge is -2.07. The van der Waals surface area contributed by atoms with Gasteiger partial charge >= 0.3 is 5.97 Å². The molecule has 0 aliphatic rings. The van der Waals surface area contributed by atoms with Crippen LogP contribution in [0.4, 0.5) is 0 Å². The number of halogens is 2. The molecule has 2 rings (SSSR count). The number of esters is 1. The maximum atomic E-state index is 12.0. The highest BCUT2D eigenvalue weighted by molar-refractivity contribution is 9.10. The van der Waals surface area contributed by atoms with E-state index in [9.17, 15) is 13.2 Å². The Bertz CT molecular complexity index is 801. The van der Waals surface area contributed by atoms with Gasteiger partial charge in [-0.2, -0.15) is 0 Å². The van der Waals surface area contributed by atoms with Gasteiger partial charge in [-0.1, -0.05) is 39.7 Å². The molecular formula is C15H12BrClO4S. The first kappa shape index (κ1) is 17.0. The van der Waals surface area contributed by atoms with Crippen molar-refractivity contribution >= 4 is 43.3 Å². The van der Waals surface area contributed by atoms with E-state index >= 15 is 0 Å². The average Bonchev–Trinajstić information content (AvgIpc) is 2.41. The van der Waals surface area contributed by atoms with Gasteiger partial charge in [0.05, 0.1) is 16.3 Å². The Balaban J connectivity index is 2.13. The van der Waals surface area contributed by atoms with E-state index in [0.29, 0.717) is 16.1 Å². The molecule has 0 aromatic heterocycles. The number of sulfone groups is 1. The average molecular weight is 404 g/mol. The molecule has 22 heavy (non-hydrogen) atoms. The van der Waals surface area contributed by atoms with E-state index in [-0.39, 0.29) is 11.5 Å². The van der Waals surface area contributed by atoms with Crippen LogP contribution in [0.25, 0.3) is 0 Å². The minimum atomic E-state index is -3.11. The van der Waals surface area contributed by atoms with Gasteiger partial charge in [0.2, 0.25) is 0 Å². The van der Waals surface area contributed by atoms with Crippen LogP contribution in [0.2, 0.25) is 5.02 Å². The Morgan fingerprint density at radius 3 is 2.36 bits per heavy atom. The van der Waals surface area contributed by atoms with Gasteiger partial charge < -0.3 is 4.74 Å². The minimum Gasteiger partial charge on any atom is -0.421 e. The van der Waals surface area contributed by atoms with Gasteiger partial charge in [-0.05, 0) is 35.9 Å². The summed E-state index contributed by atoms with van der Waals surface area (Å²) in [5, 5.41) is 0.316. The zero-order valence-electron chi connectivity index (χ0n) is 11.5. The van der Waals surface area contributed by atoms with E-state index in [1.807, 2.05) is 0 Å². The monoisotopic (exact) mass is 402 g/mol. The maximum Gasteiger partial charge on any atom is 0.343 e. The van der Waals surface area contributed by atoms with E-state index < -0.39 is 15.8 Å². The largest absolute Gasteiger partial charge is 0.421 e. The molecular weight excluding hydrogens is 392 g/mol. The highest BCUT2D eigenvalue weighted by Gasteiger charge is 2.12. The second-order valence-electron chi connectivity index (χ2n) is 4.73. The van der Waals surface area contributed by atoms with Crippen molar-refractivity contribution in [3.05, 3.63) is 63.1 Å². The molecule has 0 fully saturated rings. The van der Waals surface area contributed by atoms with Gasteiger partial charge in [-0.3, -0.25) is 0 Å². The van der Waals surface area contributed by atoms with Crippen molar-refractivity contribution in [2.24, 2.45) is 0 Å². The summed E-state index contributed by atoms with van der Waals surface area (Å²) >= 11 is 9.25. The summed E-state index contributed by atoms with van der Waals surface area (Å²) < 4.78 is 28.4. The molecule has 0 amide bonds. The molecule has 2 aromatic rings.